The Balaban J connectivity index is 0.00000119. The van der Waals surface area contributed by atoms with Gasteiger partial charge in [0.2, 0.25) is 0 Å². The number of unbranched alkanes of at least 4 members (excludes halogenated alkanes) is 9. The van der Waals surface area contributed by atoms with Crippen molar-refractivity contribution in [3.05, 3.63) is 30.3 Å². The highest BCUT2D eigenvalue weighted by atomic mass is 32.2. The second-order valence-electron chi connectivity index (χ2n) is 6.73. The highest BCUT2D eigenvalue weighted by Gasteiger charge is 2.13. The summed E-state index contributed by atoms with van der Waals surface area (Å²) in [4.78, 5) is 0.238. The number of benzene rings is 1. The van der Waals surface area contributed by atoms with Gasteiger partial charge in [0.05, 0.1) is 11.5 Å². The number of rotatable bonds is 15. The molecule has 1 rings (SSSR count). The van der Waals surface area contributed by atoms with Crippen LogP contribution in [0.1, 0.15) is 85.0 Å². The van der Waals surface area contributed by atoms with Gasteiger partial charge in [-0.3, -0.25) is 4.18 Å². The monoisotopic (exact) mass is 399 g/mol. The molecule has 4 nitrogen and oxygen atoms in total. The second-order valence-corrected chi connectivity index (χ2v) is 8.34. The van der Waals surface area contributed by atoms with Gasteiger partial charge in [-0.05, 0) is 31.6 Å². The summed E-state index contributed by atoms with van der Waals surface area (Å²) in [5.74, 6) is 0. The fourth-order valence-electron chi connectivity index (χ4n) is 2.66. The van der Waals surface area contributed by atoms with Crippen LogP contribution in [0.25, 0.3) is 0 Å². The molecular formula is C22H41NO3S. The summed E-state index contributed by atoms with van der Waals surface area (Å²) in [6.45, 7) is 8.91. The van der Waals surface area contributed by atoms with Gasteiger partial charge >= 0.3 is 0 Å². The van der Waals surface area contributed by atoms with Crippen LogP contribution in [0.15, 0.2) is 35.2 Å². The van der Waals surface area contributed by atoms with Crippen molar-refractivity contribution in [2.75, 3.05) is 19.7 Å². The Labute approximate surface area is 168 Å². The van der Waals surface area contributed by atoms with E-state index in [1.807, 2.05) is 0 Å². The van der Waals surface area contributed by atoms with E-state index in [0.717, 1.165) is 25.9 Å². The van der Waals surface area contributed by atoms with E-state index in [4.69, 9.17) is 4.18 Å². The van der Waals surface area contributed by atoms with Gasteiger partial charge < -0.3 is 5.32 Å². The molecule has 1 N–H and O–H groups in total. The zero-order valence-corrected chi connectivity index (χ0v) is 18.5. The lowest BCUT2D eigenvalue weighted by atomic mass is 10.1. The lowest BCUT2D eigenvalue weighted by Gasteiger charge is -2.05. The van der Waals surface area contributed by atoms with Crippen LogP contribution in [0.4, 0.5) is 0 Å². The van der Waals surface area contributed by atoms with Crippen molar-refractivity contribution in [2.45, 2.75) is 89.9 Å². The average molecular weight is 400 g/mol. The first-order valence-electron chi connectivity index (χ1n) is 10.7. The molecule has 0 amide bonds. The molecule has 27 heavy (non-hydrogen) atoms. The van der Waals surface area contributed by atoms with Crippen molar-refractivity contribution in [1.82, 2.24) is 5.32 Å². The molecule has 0 saturated heterocycles. The minimum Gasteiger partial charge on any atom is -0.317 e. The molecule has 0 aliphatic rings. The normalized spacial score (nSPS) is 11.1. The van der Waals surface area contributed by atoms with Gasteiger partial charge in [-0.1, -0.05) is 96.8 Å². The summed E-state index contributed by atoms with van der Waals surface area (Å²) < 4.78 is 28.8. The molecule has 0 aliphatic carbocycles. The van der Waals surface area contributed by atoms with Crippen LogP contribution < -0.4 is 5.32 Å². The first-order valence-corrected chi connectivity index (χ1v) is 12.1. The zero-order chi connectivity index (χ0) is 20.2. The number of hydrogen-bond donors (Lipinski definition) is 1. The molecule has 0 radical (unpaired) electrons. The Kier molecular flexibility index (Phi) is 17.8. The molecule has 0 aliphatic heterocycles. The molecule has 158 valence electrons. The van der Waals surface area contributed by atoms with Crippen molar-refractivity contribution >= 4 is 10.1 Å². The number of nitrogens with one attached hydrogen (secondary N) is 1. The fourth-order valence-corrected chi connectivity index (χ4v) is 3.63. The third-order valence-electron chi connectivity index (χ3n) is 4.27. The largest absolute Gasteiger partial charge is 0.317 e. The van der Waals surface area contributed by atoms with Crippen molar-refractivity contribution in [3.8, 4) is 0 Å². The highest BCUT2D eigenvalue weighted by Crippen LogP contribution is 2.13. The highest BCUT2D eigenvalue weighted by molar-refractivity contribution is 7.86. The van der Waals surface area contributed by atoms with Gasteiger partial charge in [0.15, 0.2) is 0 Å². The number of hydrogen-bond acceptors (Lipinski definition) is 4. The lowest BCUT2D eigenvalue weighted by molar-refractivity contribution is 0.306. The molecule has 1 aromatic carbocycles. The molecule has 0 bridgehead atoms. The molecule has 0 fully saturated rings. The second kappa shape index (κ2) is 18.5. The quantitative estimate of drug-likeness (QED) is 0.293. The van der Waals surface area contributed by atoms with E-state index in [1.54, 1.807) is 30.3 Å². The Morgan fingerprint density at radius 3 is 1.67 bits per heavy atom. The predicted octanol–water partition coefficient (Wildman–Crippen LogP) is 5.93. The molecule has 0 heterocycles. The van der Waals surface area contributed by atoms with E-state index in [1.165, 1.54) is 51.4 Å². The van der Waals surface area contributed by atoms with Gasteiger partial charge in [0, 0.05) is 0 Å². The van der Waals surface area contributed by atoms with E-state index in [-0.39, 0.29) is 11.5 Å². The predicted molar refractivity (Wildman–Crippen MR) is 116 cm³/mol. The minimum atomic E-state index is -3.57. The third-order valence-corrected chi connectivity index (χ3v) is 5.59. The van der Waals surface area contributed by atoms with Gasteiger partial charge in [0.25, 0.3) is 10.1 Å². The molecular weight excluding hydrogens is 358 g/mol. The van der Waals surface area contributed by atoms with Crippen molar-refractivity contribution in [1.29, 1.82) is 0 Å². The average Bonchev–Trinajstić information content (AvgIpc) is 2.68. The molecule has 0 spiro atoms. The maximum atomic E-state index is 11.9. The van der Waals surface area contributed by atoms with Crippen LogP contribution in [0.3, 0.4) is 0 Å². The molecule has 0 atom stereocenters. The minimum absolute atomic E-state index is 0.238. The summed E-state index contributed by atoms with van der Waals surface area (Å²) in [5.41, 5.74) is 0. The SMILES string of the molecule is CCCCCCCCCCCCOS(=O)(=O)c1ccccc1.CCNCC. The Bertz CT molecular complexity index is 516. The lowest BCUT2D eigenvalue weighted by Crippen LogP contribution is -2.09. The first-order chi connectivity index (χ1) is 13.1. The summed E-state index contributed by atoms with van der Waals surface area (Å²) in [5, 5.41) is 3.11. The Morgan fingerprint density at radius 1 is 0.741 bits per heavy atom. The van der Waals surface area contributed by atoms with Crippen LogP contribution in [-0.4, -0.2) is 28.1 Å². The standard InChI is InChI=1S/C18H30O3S.C4H11N/c1-2-3-4-5-6-7-8-9-10-14-17-21-22(19,20)18-15-12-11-13-16-18;1-3-5-4-2/h11-13,15-16H,2-10,14,17H2,1H3;5H,3-4H2,1-2H3. The van der Waals surface area contributed by atoms with E-state index < -0.39 is 10.1 Å². The summed E-state index contributed by atoms with van der Waals surface area (Å²) in [6, 6.07) is 8.33. The topological polar surface area (TPSA) is 55.4 Å². The summed E-state index contributed by atoms with van der Waals surface area (Å²) >= 11 is 0. The van der Waals surface area contributed by atoms with Gasteiger partial charge in [0.1, 0.15) is 0 Å². The zero-order valence-electron chi connectivity index (χ0n) is 17.7. The molecule has 0 unspecified atom stereocenters. The van der Waals surface area contributed by atoms with Crippen LogP contribution in [0, 0.1) is 0 Å². The third kappa shape index (κ3) is 15.8. The van der Waals surface area contributed by atoms with Crippen molar-refractivity contribution in [3.63, 3.8) is 0 Å². The maximum absolute atomic E-state index is 11.9. The first kappa shape index (κ1) is 26.1. The smallest absolute Gasteiger partial charge is 0.296 e. The molecule has 0 aromatic heterocycles. The van der Waals surface area contributed by atoms with Gasteiger partial charge in [-0.25, -0.2) is 0 Å². The van der Waals surface area contributed by atoms with E-state index in [0.29, 0.717) is 0 Å². The van der Waals surface area contributed by atoms with E-state index >= 15 is 0 Å². The van der Waals surface area contributed by atoms with E-state index in [2.05, 4.69) is 26.1 Å². The van der Waals surface area contributed by atoms with Gasteiger partial charge in [-0.15, -0.1) is 0 Å². The Morgan fingerprint density at radius 2 is 1.22 bits per heavy atom. The van der Waals surface area contributed by atoms with Crippen LogP contribution >= 0.6 is 0 Å². The summed E-state index contributed by atoms with van der Waals surface area (Å²) in [6.07, 6.45) is 12.3. The van der Waals surface area contributed by atoms with Crippen molar-refractivity contribution in [2.24, 2.45) is 0 Å². The Hall–Kier alpha value is -0.910. The van der Waals surface area contributed by atoms with Crippen LogP contribution in [-0.2, 0) is 14.3 Å². The summed E-state index contributed by atoms with van der Waals surface area (Å²) in [7, 11) is -3.57. The maximum Gasteiger partial charge on any atom is 0.296 e. The van der Waals surface area contributed by atoms with Crippen LogP contribution in [0.2, 0.25) is 0 Å². The molecule has 1 aromatic rings. The molecule has 0 saturated carbocycles. The molecule has 5 heteroatoms. The van der Waals surface area contributed by atoms with Crippen LogP contribution in [0.5, 0.6) is 0 Å². The van der Waals surface area contributed by atoms with Crippen molar-refractivity contribution < 1.29 is 12.6 Å². The fraction of sp³-hybridized carbons (Fsp3) is 0.727. The van der Waals surface area contributed by atoms with Gasteiger partial charge in [-0.2, -0.15) is 8.42 Å². The van der Waals surface area contributed by atoms with E-state index in [9.17, 15) is 8.42 Å².